The average molecular weight is 574 g/mol. The van der Waals surface area contributed by atoms with Gasteiger partial charge in [0.2, 0.25) is 5.95 Å². The molecular formula is C28H28ClN9O3. The van der Waals surface area contributed by atoms with Gasteiger partial charge >= 0.3 is 6.09 Å². The van der Waals surface area contributed by atoms with Gasteiger partial charge < -0.3 is 29.6 Å². The first kappa shape index (κ1) is 26.5. The van der Waals surface area contributed by atoms with Gasteiger partial charge in [0.25, 0.3) is 0 Å². The molecule has 0 unspecified atom stereocenters. The number of aryl methyl sites for hydroxylation is 1. The highest BCUT2D eigenvalue weighted by Crippen LogP contribution is 2.34. The van der Waals surface area contributed by atoms with Gasteiger partial charge in [0.05, 0.1) is 34.6 Å². The van der Waals surface area contributed by atoms with Gasteiger partial charge in [-0.25, -0.2) is 29.7 Å². The van der Waals surface area contributed by atoms with Crippen LogP contribution in [0.25, 0.3) is 22.1 Å². The number of anilines is 3. The highest BCUT2D eigenvalue weighted by atomic mass is 35.5. The zero-order valence-electron chi connectivity index (χ0n) is 22.9. The van der Waals surface area contributed by atoms with Crippen molar-refractivity contribution in [2.75, 3.05) is 23.3 Å². The molecule has 6 rings (SSSR count). The van der Waals surface area contributed by atoms with Gasteiger partial charge in [-0.2, -0.15) is 0 Å². The summed E-state index contributed by atoms with van der Waals surface area (Å²) in [5.41, 5.74) is 3.15. The first-order valence-corrected chi connectivity index (χ1v) is 13.4. The lowest BCUT2D eigenvalue weighted by atomic mass is 10.1. The van der Waals surface area contributed by atoms with Crippen LogP contribution >= 0.6 is 11.6 Å². The molecule has 4 heterocycles. The SMILES string of the molecule is Cn1cnc2cc(Oc3ccc(Nc4ncnc5cnc(N6CC(NC(=O)OC(C)(C)C)C6)nc45)cc3Cl)ccc21. The van der Waals surface area contributed by atoms with Gasteiger partial charge in [-0.1, -0.05) is 11.6 Å². The Morgan fingerprint density at radius 1 is 1.05 bits per heavy atom. The van der Waals surface area contributed by atoms with Gasteiger partial charge in [0, 0.05) is 31.9 Å². The predicted molar refractivity (Wildman–Crippen MR) is 156 cm³/mol. The number of hydrogen-bond donors (Lipinski definition) is 2. The number of aromatic nitrogens is 6. The van der Waals surface area contributed by atoms with Crippen molar-refractivity contribution in [3.05, 3.63) is 60.3 Å². The summed E-state index contributed by atoms with van der Waals surface area (Å²) in [4.78, 5) is 36.2. The van der Waals surface area contributed by atoms with Crippen molar-refractivity contribution in [3.8, 4) is 11.5 Å². The van der Waals surface area contributed by atoms with Crippen LogP contribution in [0, 0.1) is 0 Å². The second-order valence-electron chi connectivity index (χ2n) is 10.8. The van der Waals surface area contributed by atoms with E-state index in [-0.39, 0.29) is 6.04 Å². The molecule has 1 amide bonds. The van der Waals surface area contributed by atoms with Gasteiger partial charge in [-0.3, -0.25) is 0 Å². The molecule has 2 N–H and O–H groups in total. The Morgan fingerprint density at radius 2 is 1.88 bits per heavy atom. The quantitative estimate of drug-likeness (QED) is 0.279. The number of amides is 1. The number of alkyl carbamates (subject to hydrolysis) is 1. The molecule has 1 fully saturated rings. The number of halogens is 1. The average Bonchev–Trinajstić information content (AvgIpc) is 3.26. The number of ether oxygens (including phenoxy) is 2. The molecule has 41 heavy (non-hydrogen) atoms. The molecule has 0 radical (unpaired) electrons. The Hall–Kier alpha value is -4.71. The van der Waals surface area contributed by atoms with Crippen LogP contribution in [0.1, 0.15) is 20.8 Å². The van der Waals surface area contributed by atoms with E-state index < -0.39 is 11.7 Å². The van der Waals surface area contributed by atoms with Crippen LogP contribution in [0.15, 0.2) is 55.2 Å². The maximum Gasteiger partial charge on any atom is 0.407 e. The molecule has 1 saturated heterocycles. The van der Waals surface area contributed by atoms with Gasteiger partial charge in [0.1, 0.15) is 34.5 Å². The fraction of sp³-hybridized carbons (Fsp3) is 0.286. The molecule has 13 heteroatoms. The van der Waals surface area contributed by atoms with E-state index in [0.29, 0.717) is 58.1 Å². The first-order valence-electron chi connectivity index (χ1n) is 13.0. The smallest absolute Gasteiger partial charge is 0.407 e. The van der Waals surface area contributed by atoms with E-state index in [0.717, 1.165) is 11.0 Å². The van der Waals surface area contributed by atoms with Crippen molar-refractivity contribution in [1.82, 2.24) is 34.8 Å². The summed E-state index contributed by atoms with van der Waals surface area (Å²) in [7, 11) is 1.94. The van der Waals surface area contributed by atoms with E-state index in [1.54, 1.807) is 24.7 Å². The monoisotopic (exact) mass is 573 g/mol. The van der Waals surface area contributed by atoms with Crippen molar-refractivity contribution in [3.63, 3.8) is 0 Å². The number of nitrogens with one attached hydrogen (secondary N) is 2. The normalized spacial score (nSPS) is 13.7. The van der Waals surface area contributed by atoms with Crippen molar-refractivity contribution < 1.29 is 14.3 Å². The number of hydrogen-bond acceptors (Lipinski definition) is 10. The third-order valence-electron chi connectivity index (χ3n) is 6.37. The minimum absolute atomic E-state index is 0.0532. The van der Waals surface area contributed by atoms with E-state index >= 15 is 0 Å². The molecule has 2 aromatic carbocycles. The lowest BCUT2D eigenvalue weighted by molar-refractivity contribution is 0.0495. The lowest BCUT2D eigenvalue weighted by Gasteiger charge is -2.39. The number of benzene rings is 2. The second kappa shape index (κ2) is 10.4. The zero-order chi connectivity index (χ0) is 28.7. The third kappa shape index (κ3) is 5.78. The second-order valence-corrected chi connectivity index (χ2v) is 11.2. The molecule has 210 valence electrons. The number of imidazole rings is 1. The van der Waals surface area contributed by atoms with Crippen LogP contribution in [0.3, 0.4) is 0 Å². The Labute approximate surface area is 240 Å². The van der Waals surface area contributed by atoms with Crippen molar-refractivity contribution in [2.45, 2.75) is 32.4 Å². The maximum absolute atomic E-state index is 12.1. The number of carbonyl (C=O) groups excluding carboxylic acids is 1. The summed E-state index contributed by atoms with van der Waals surface area (Å²) < 4.78 is 13.3. The standard InChI is InChI=1S/C28H28ClN9O3/c1-28(2,3)41-27(39)35-17-12-38(13-17)26-30-11-21-24(36-26)25(32-14-31-21)34-16-5-8-23(19(29)9-16)40-18-6-7-22-20(10-18)33-15-37(22)4/h5-11,14-15,17H,12-13H2,1-4H3,(H,35,39)(H,31,32,34). The molecule has 0 bridgehead atoms. The van der Waals surface area contributed by atoms with E-state index in [1.807, 2.05) is 61.6 Å². The lowest BCUT2D eigenvalue weighted by Crippen LogP contribution is -2.60. The van der Waals surface area contributed by atoms with Crippen LogP contribution in [-0.2, 0) is 11.8 Å². The van der Waals surface area contributed by atoms with Crippen molar-refractivity contribution in [1.29, 1.82) is 0 Å². The number of carbonyl (C=O) groups is 1. The Balaban J connectivity index is 1.15. The minimum Gasteiger partial charge on any atom is -0.456 e. The molecule has 0 spiro atoms. The summed E-state index contributed by atoms with van der Waals surface area (Å²) in [5.74, 6) is 2.17. The summed E-state index contributed by atoms with van der Waals surface area (Å²) in [6, 6.07) is 11.0. The van der Waals surface area contributed by atoms with E-state index in [4.69, 9.17) is 26.1 Å². The van der Waals surface area contributed by atoms with Gasteiger partial charge in [0.15, 0.2) is 5.82 Å². The maximum atomic E-state index is 12.1. The first-order chi connectivity index (χ1) is 19.6. The number of fused-ring (bicyclic) bond motifs is 2. The third-order valence-corrected chi connectivity index (χ3v) is 6.66. The van der Waals surface area contributed by atoms with E-state index in [1.165, 1.54) is 6.33 Å². The minimum atomic E-state index is -0.551. The number of rotatable bonds is 6. The fourth-order valence-electron chi connectivity index (χ4n) is 4.40. The molecule has 0 atom stereocenters. The molecule has 3 aromatic heterocycles. The molecule has 5 aromatic rings. The number of nitrogens with zero attached hydrogens (tertiary/aromatic N) is 7. The topological polar surface area (TPSA) is 132 Å². The largest absolute Gasteiger partial charge is 0.456 e. The Bertz CT molecular complexity index is 1760. The van der Waals surface area contributed by atoms with Crippen LogP contribution in [0.2, 0.25) is 5.02 Å². The van der Waals surface area contributed by atoms with Crippen LogP contribution in [0.4, 0.5) is 22.2 Å². The highest BCUT2D eigenvalue weighted by Gasteiger charge is 2.31. The molecule has 0 saturated carbocycles. The molecule has 1 aliphatic rings. The van der Waals surface area contributed by atoms with Crippen LogP contribution in [-0.4, -0.2) is 60.3 Å². The summed E-state index contributed by atoms with van der Waals surface area (Å²) in [5, 5.41) is 6.57. The van der Waals surface area contributed by atoms with Crippen molar-refractivity contribution >= 4 is 57.2 Å². The molecular weight excluding hydrogens is 546 g/mol. The van der Waals surface area contributed by atoms with E-state index in [9.17, 15) is 4.79 Å². The molecule has 0 aliphatic carbocycles. The van der Waals surface area contributed by atoms with E-state index in [2.05, 4.69) is 30.6 Å². The van der Waals surface area contributed by atoms with Crippen LogP contribution < -0.4 is 20.3 Å². The highest BCUT2D eigenvalue weighted by molar-refractivity contribution is 6.32. The molecule has 12 nitrogen and oxygen atoms in total. The zero-order valence-corrected chi connectivity index (χ0v) is 23.7. The van der Waals surface area contributed by atoms with Gasteiger partial charge in [-0.05, 0) is 51.1 Å². The summed E-state index contributed by atoms with van der Waals surface area (Å²) in [6.45, 7) is 6.61. The van der Waals surface area contributed by atoms with Crippen molar-refractivity contribution in [2.24, 2.45) is 7.05 Å². The Kier molecular flexibility index (Phi) is 6.70. The fourth-order valence-corrected chi connectivity index (χ4v) is 4.62. The van der Waals surface area contributed by atoms with Crippen LogP contribution in [0.5, 0.6) is 11.5 Å². The van der Waals surface area contributed by atoms with Gasteiger partial charge in [-0.15, -0.1) is 0 Å². The Morgan fingerprint density at radius 3 is 2.66 bits per heavy atom. The molecule has 1 aliphatic heterocycles. The summed E-state index contributed by atoms with van der Waals surface area (Å²) in [6.07, 6.45) is 4.43. The predicted octanol–water partition coefficient (Wildman–Crippen LogP) is 5.21. The summed E-state index contributed by atoms with van der Waals surface area (Å²) >= 11 is 6.58.